The van der Waals surface area contributed by atoms with Gasteiger partial charge in [0.25, 0.3) is 0 Å². The molecule has 0 fully saturated rings. The summed E-state index contributed by atoms with van der Waals surface area (Å²) >= 11 is 0. The monoisotopic (exact) mass is 356 g/mol. The minimum atomic E-state index is -0.264. The van der Waals surface area contributed by atoms with Crippen LogP contribution in [0.15, 0.2) is 0 Å². The van der Waals surface area contributed by atoms with Crippen molar-refractivity contribution >= 4 is 0 Å². The van der Waals surface area contributed by atoms with Gasteiger partial charge in [-0.2, -0.15) is 0 Å². The minimum Gasteiger partial charge on any atom is -0.384 e. The van der Waals surface area contributed by atoms with E-state index in [0.717, 1.165) is 0 Å². The summed E-state index contributed by atoms with van der Waals surface area (Å²) in [7, 11) is 13.0. The van der Waals surface area contributed by atoms with Gasteiger partial charge in [0.2, 0.25) is 0 Å². The highest BCUT2D eigenvalue weighted by Gasteiger charge is 2.30. The molecule has 148 valence electrons. The van der Waals surface area contributed by atoms with Crippen LogP contribution in [-0.4, -0.2) is 95.9 Å². The SMILES string of the molecule is COC(CC(OC)OC)OC.COCC(COC)(COC)COC. The molecule has 0 unspecified atom stereocenters. The molecule has 24 heavy (non-hydrogen) atoms. The summed E-state index contributed by atoms with van der Waals surface area (Å²) in [5.74, 6) is 0. The highest BCUT2D eigenvalue weighted by molar-refractivity contribution is 4.78. The number of rotatable bonds is 14. The lowest BCUT2D eigenvalue weighted by atomic mass is 9.92. The van der Waals surface area contributed by atoms with Crippen LogP contribution in [0.1, 0.15) is 6.42 Å². The maximum absolute atomic E-state index is 5.12. The van der Waals surface area contributed by atoms with Gasteiger partial charge < -0.3 is 37.9 Å². The molecule has 0 radical (unpaired) electrons. The molecule has 0 spiro atoms. The number of ether oxygens (including phenoxy) is 8. The maximum Gasteiger partial charge on any atom is 0.161 e. The second-order valence-electron chi connectivity index (χ2n) is 5.27. The quantitative estimate of drug-likeness (QED) is 0.430. The topological polar surface area (TPSA) is 73.8 Å². The molecule has 0 aliphatic heterocycles. The third kappa shape index (κ3) is 12.1. The number of methoxy groups -OCH3 is 8. The van der Waals surface area contributed by atoms with Gasteiger partial charge in [0.1, 0.15) is 0 Å². The molecule has 0 aromatic heterocycles. The van der Waals surface area contributed by atoms with Gasteiger partial charge in [0.15, 0.2) is 12.6 Å². The molecular weight excluding hydrogens is 320 g/mol. The molecule has 0 amide bonds. The van der Waals surface area contributed by atoms with Gasteiger partial charge in [-0.1, -0.05) is 0 Å². The molecular formula is C16H36O8. The first-order valence-electron chi connectivity index (χ1n) is 7.59. The molecule has 0 aliphatic rings. The average molecular weight is 356 g/mol. The third-order valence-electron chi connectivity index (χ3n) is 3.24. The van der Waals surface area contributed by atoms with Crippen LogP contribution in [0.5, 0.6) is 0 Å². The van der Waals surface area contributed by atoms with E-state index in [1.165, 1.54) is 0 Å². The zero-order valence-corrected chi connectivity index (χ0v) is 16.5. The molecule has 0 atom stereocenters. The molecule has 8 heteroatoms. The van der Waals surface area contributed by atoms with Gasteiger partial charge in [-0.3, -0.25) is 0 Å². The predicted molar refractivity (Wildman–Crippen MR) is 90.2 cm³/mol. The van der Waals surface area contributed by atoms with E-state index in [9.17, 15) is 0 Å². The molecule has 0 N–H and O–H groups in total. The van der Waals surface area contributed by atoms with E-state index in [4.69, 9.17) is 37.9 Å². The Morgan fingerprint density at radius 3 is 0.917 bits per heavy atom. The van der Waals surface area contributed by atoms with Crippen LogP contribution in [0.25, 0.3) is 0 Å². The predicted octanol–water partition coefficient (Wildman–Crippen LogP) is 1.17. The Morgan fingerprint density at radius 2 is 0.750 bits per heavy atom. The summed E-state index contributed by atoms with van der Waals surface area (Å²) in [6.07, 6.45) is 0.0415. The van der Waals surface area contributed by atoms with Crippen LogP contribution in [0, 0.1) is 5.41 Å². The molecule has 8 nitrogen and oxygen atoms in total. The highest BCUT2D eigenvalue weighted by Crippen LogP contribution is 2.19. The second-order valence-corrected chi connectivity index (χ2v) is 5.27. The zero-order chi connectivity index (χ0) is 18.8. The van der Waals surface area contributed by atoms with Crippen molar-refractivity contribution in [3.8, 4) is 0 Å². The van der Waals surface area contributed by atoms with Crippen molar-refractivity contribution in [1.29, 1.82) is 0 Å². The summed E-state index contributed by atoms with van der Waals surface area (Å²) in [6, 6.07) is 0. The van der Waals surface area contributed by atoms with E-state index in [0.29, 0.717) is 32.8 Å². The number of hydrogen-bond acceptors (Lipinski definition) is 8. The smallest absolute Gasteiger partial charge is 0.161 e. The Hall–Kier alpha value is -0.320. The Labute approximate surface area is 146 Å². The van der Waals surface area contributed by atoms with Crippen LogP contribution < -0.4 is 0 Å². The average Bonchev–Trinajstić information content (AvgIpc) is 2.58. The largest absolute Gasteiger partial charge is 0.384 e. The van der Waals surface area contributed by atoms with Crippen LogP contribution in [0.4, 0.5) is 0 Å². The van der Waals surface area contributed by atoms with Crippen molar-refractivity contribution in [2.75, 3.05) is 83.3 Å². The van der Waals surface area contributed by atoms with Gasteiger partial charge in [0, 0.05) is 63.3 Å². The van der Waals surface area contributed by atoms with Crippen molar-refractivity contribution in [1.82, 2.24) is 0 Å². The van der Waals surface area contributed by atoms with E-state index < -0.39 is 0 Å². The van der Waals surface area contributed by atoms with Gasteiger partial charge in [0.05, 0.1) is 31.8 Å². The fourth-order valence-corrected chi connectivity index (χ4v) is 2.21. The number of hydrogen-bond donors (Lipinski definition) is 0. The zero-order valence-electron chi connectivity index (χ0n) is 16.5. The van der Waals surface area contributed by atoms with E-state index in [1.54, 1.807) is 56.9 Å². The van der Waals surface area contributed by atoms with Crippen LogP contribution in [0.2, 0.25) is 0 Å². The van der Waals surface area contributed by atoms with Crippen molar-refractivity contribution in [2.45, 2.75) is 19.0 Å². The Balaban J connectivity index is 0. The fraction of sp³-hybridized carbons (Fsp3) is 1.00. The molecule has 0 heterocycles. The molecule has 0 saturated heterocycles. The normalized spacial score (nSPS) is 11.8. The summed E-state index contributed by atoms with van der Waals surface area (Å²) in [5, 5.41) is 0. The minimum absolute atomic E-state index is 0.188. The maximum atomic E-state index is 5.12. The first-order chi connectivity index (χ1) is 11.5. The van der Waals surface area contributed by atoms with Gasteiger partial charge >= 0.3 is 0 Å². The molecule has 0 bridgehead atoms. The first kappa shape index (κ1) is 25.9. The van der Waals surface area contributed by atoms with Crippen molar-refractivity contribution in [2.24, 2.45) is 5.41 Å². The Bertz CT molecular complexity index is 205. The summed E-state index contributed by atoms with van der Waals surface area (Å²) in [6.45, 7) is 2.29. The molecule has 0 aromatic rings. The van der Waals surface area contributed by atoms with Crippen molar-refractivity contribution in [3.05, 3.63) is 0 Å². The van der Waals surface area contributed by atoms with E-state index in [-0.39, 0.29) is 18.0 Å². The van der Waals surface area contributed by atoms with E-state index in [1.807, 2.05) is 0 Å². The van der Waals surface area contributed by atoms with Crippen molar-refractivity contribution in [3.63, 3.8) is 0 Å². The summed E-state index contributed by atoms with van der Waals surface area (Å²) in [5.41, 5.74) is -0.188. The molecule has 0 aromatic carbocycles. The van der Waals surface area contributed by atoms with Gasteiger partial charge in [-0.15, -0.1) is 0 Å². The van der Waals surface area contributed by atoms with Gasteiger partial charge in [-0.05, 0) is 0 Å². The van der Waals surface area contributed by atoms with Crippen LogP contribution in [-0.2, 0) is 37.9 Å². The van der Waals surface area contributed by atoms with Crippen molar-refractivity contribution < 1.29 is 37.9 Å². The first-order valence-corrected chi connectivity index (χ1v) is 7.59. The lowest BCUT2D eigenvalue weighted by Gasteiger charge is -2.30. The Kier molecular flexibility index (Phi) is 18.9. The van der Waals surface area contributed by atoms with Crippen LogP contribution in [0.3, 0.4) is 0 Å². The summed E-state index contributed by atoms with van der Waals surface area (Å²) in [4.78, 5) is 0. The molecule has 0 rings (SSSR count). The lowest BCUT2D eigenvalue weighted by molar-refractivity contribution is -0.178. The Morgan fingerprint density at radius 1 is 0.500 bits per heavy atom. The van der Waals surface area contributed by atoms with E-state index in [2.05, 4.69) is 0 Å². The lowest BCUT2D eigenvalue weighted by Crippen LogP contribution is -2.40. The standard InChI is InChI=1S/C9H20O4.C7H16O4/c1-10-5-9(6-11-2,7-12-3)8-13-4;1-8-6(9-2)5-7(10-3)11-4/h5-8H2,1-4H3;6-7H,5H2,1-4H3. The highest BCUT2D eigenvalue weighted by atomic mass is 16.7. The third-order valence-corrected chi connectivity index (χ3v) is 3.24. The van der Waals surface area contributed by atoms with Crippen LogP contribution >= 0.6 is 0 Å². The van der Waals surface area contributed by atoms with Gasteiger partial charge in [-0.25, -0.2) is 0 Å². The summed E-state index contributed by atoms with van der Waals surface area (Å²) < 4.78 is 40.3. The fourth-order valence-electron chi connectivity index (χ4n) is 2.21. The second kappa shape index (κ2) is 17.5. The molecule has 0 aliphatic carbocycles. The van der Waals surface area contributed by atoms with E-state index >= 15 is 0 Å². The molecule has 0 saturated carbocycles.